The highest BCUT2D eigenvalue weighted by molar-refractivity contribution is 6.18. The number of cyclic esters (lactones) is 1. The maximum Gasteiger partial charge on any atom is 0.412 e. The molecule has 4 rings (SSSR count). The van der Waals surface area contributed by atoms with E-state index in [9.17, 15) is 4.79 Å². The van der Waals surface area contributed by atoms with E-state index in [1.54, 1.807) is 4.90 Å². The smallest absolute Gasteiger partial charge is 0.412 e. The van der Waals surface area contributed by atoms with Crippen molar-refractivity contribution in [2.24, 2.45) is 0 Å². The second kappa shape index (κ2) is 7.69. The molecule has 0 unspecified atom stereocenters. The summed E-state index contributed by atoms with van der Waals surface area (Å²) in [6.07, 6.45) is -0.352. The Kier molecular flexibility index (Phi) is 5.10. The van der Waals surface area contributed by atoms with Gasteiger partial charge in [0.15, 0.2) is 5.60 Å². The number of ether oxygens (including phenoxy) is 1. The van der Waals surface area contributed by atoms with Crippen LogP contribution in [-0.2, 0) is 10.3 Å². The van der Waals surface area contributed by atoms with Gasteiger partial charge in [-0.15, -0.1) is 11.6 Å². The van der Waals surface area contributed by atoms with Crippen molar-refractivity contribution in [2.75, 3.05) is 5.88 Å². The lowest BCUT2D eigenvalue weighted by atomic mass is 9.80. The Labute approximate surface area is 170 Å². The number of hydrogen-bond donors (Lipinski definition) is 0. The number of alkyl halides is 1. The minimum Gasteiger partial charge on any atom is -0.431 e. The first-order valence-corrected chi connectivity index (χ1v) is 9.95. The van der Waals surface area contributed by atoms with Crippen LogP contribution in [0, 0.1) is 0 Å². The van der Waals surface area contributed by atoms with Crippen LogP contribution in [0.4, 0.5) is 4.79 Å². The number of rotatable bonds is 5. The molecule has 4 heteroatoms. The summed E-state index contributed by atoms with van der Waals surface area (Å²) in [5, 5.41) is 0. The van der Waals surface area contributed by atoms with Crippen molar-refractivity contribution in [3.8, 4) is 0 Å². The molecule has 3 aromatic carbocycles. The maximum atomic E-state index is 13.2. The minimum atomic E-state index is -0.954. The lowest BCUT2D eigenvalue weighted by Gasteiger charge is -2.36. The van der Waals surface area contributed by atoms with Crippen LogP contribution in [0.3, 0.4) is 0 Å². The van der Waals surface area contributed by atoms with E-state index in [2.05, 4.69) is 0 Å². The number of carbonyl (C=O) groups excluding carboxylic acids is 1. The standard InChI is InChI=1S/C24H22ClNO2/c1-18(19-11-5-2-6-12-19)26-22(17-25)24(28-23(26)27,20-13-7-3-8-14-20)21-15-9-4-10-16-21/h2-16,18,22H,17H2,1H3/t18-,22+/m1/s1. The van der Waals surface area contributed by atoms with Crippen molar-refractivity contribution in [2.45, 2.75) is 24.6 Å². The van der Waals surface area contributed by atoms with Crippen molar-refractivity contribution < 1.29 is 9.53 Å². The molecule has 1 amide bonds. The predicted octanol–water partition coefficient (Wildman–Crippen LogP) is 5.75. The average molecular weight is 392 g/mol. The van der Waals surface area contributed by atoms with Gasteiger partial charge in [0.2, 0.25) is 0 Å². The highest BCUT2D eigenvalue weighted by Gasteiger charge is 2.57. The van der Waals surface area contributed by atoms with Crippen LogP contribution >= 0.6 is 11.6 Å². The van der Waals surface area contributed by atoms with Crippen molar-refractivity contribution in [3.05, 3.63) is 108 Å². The number of amides is 1. The maximum absolute atomic E-state index is 13.2. The Morgan fingerprint density at radius 1 is 0.893 bits per heavy atom. The van der Waals surface area contributed by atoms with Crippen LogP contribution in [0.25, 0.3) is 0 Å². The third-order valence-electron chi connectivity index (χ3n) is 5.51. The number of halogens is 1. The number of carbonyl (C=O) groups is 1. The Morgan fingerprint density at radius 2 is 1.36 bits per heavy atom. The summed E-state index contributed by atoms with van der Waals surface area (Å²) < 4.78 is 6.18. The summed E-state index contributed by atoms with van der Waals surface area (Å²) in [6, 6.07) is 29.2. The Balaban J connectivity index is 1.87. The van der Waals surface area contributed by atoms with Gasteiger partial charge in [-0.1, -0.05) is 91.0 Å². The molecule has 1 saturated heterocycles. The van der Waals surface area contributed by atoms with Crippen molar-refractivity contribution >= 4 is 17.7 Å². The molecular weight excluding hydrogens is 370 g/mol. The van der Waals surface area contributed by atoms with Gasteiger partial charge in [0.05, 0.1) is 12.1 Å². The summed E-state index contributed by atoms with van der Waals surface area (Å²) in [5.74, 6) is 0.257. The second-order valence-electron chi connectivity index (χ2n) is 7.00. The Hall–Kier alpha value is -2.78. The molecule has 0 aliphatic carbocycles. The van der Waals surface area contributed by atoms with Crippen molar-refractivity contribution in [1.82, 2.24) is 4.90 Å². The van der Waals surface area contributed by atoms with Crippen LogP contribution in [0.1, 0.15) is 29.7 Å². The van der Waals surface area contributed by atoms with Gasteiger partial charge in [-0.25, -0.2) is 4.79 Å². The number of hydrogen-bond acceptors (Lipinski definition) is 2. The molecule has 0 saturated carbocycles. The first kappa shape index (κ1) is 18.6. The molecule has 1 aliphatic heterocycles. The molecule has 0 aromatic heterocycles. The van der Waals surface area contributed by atoms with E-state index in [4.69, 9.17) is 16.3 Å². The first-order chi connectivity index (χ1) is 13.7. The summed E-state index contributed by atoms with van der Waals surface area (Å²) in [7, 11) is 0. The molecule has 3 aromatic rings. The third kappa shape index (κ3) is 2.96. The third-order valence-corrected chi connectivity index (χ3v) is 5.81. The summed E-state index contributed by atoms with van der Waals surface area (Å²) in [4.78, 5) is 14.9. The highest BCUT2D eigenvalue weighted by Crippen LogP contribution is 2.47. The fraction of sp³-hybridized carbons (Fsp3) is 0.208. The normalized spacial score (nSPS) is 19.3. The molecule has 28 heavy (non-hydrogen) atoms. The molecule has 1 heterocycles. The van der Waals surface area contributed by atoms with Crippen LogP contribution in [-0.4, -0.2) is 22.9 Å². The van der Waals surface area contributed by atoms with E-state index in [0.29, 0.717) is 0 Å². The zero-order chi connectivity index (χ0) is 19.6. The molecule has 142 valence electrons. The van der Waals surface area contributed by atoms with Crippen molar-refractivity contribution in [3.63, 3.8) is 0 Å². The van der Waals surface area contributed by atoms with Gasteiger partial charge in [-0.3, -0.25) is 4.90 Å². The molecule has 2 atom stereocenters. The molecule has 1 fully saturated rings. The molecular formula is C24H22ClNO2. The van der Waals surface area contributed by atoms with Gasteiger partial charge in [-0.05, 0) is 12.5 Å². The topological polar surface area (TPSA) is 29.5 Å². The molecule has 1 aliphatic rings. The van der Waals surface area contributed by atoms with E-state index in [-0.39, 0.29) is 24.1 Å². The molecule has 0 radical (unpaired) electrons. The predicted molar refractivity (Wildman–Crippen MR) is 111 cm³/mol. The minimum absolute atomic E-state index is 0.160. The monoisotopic (exact) mass is 391 g/mol. The van der Waals surface area contributed by atoms with Gasteiger partial charge in [0.25, 0.3) is 0 Å². The van der Waals surface area contributed by atoms with Gasteiger partial charge >= 0.3 is 6.09 Å². The fourth-order valence-corrected chi connectivity index (χ4v) is 4.49. The first-order valence-electron chi connectivity index (χ1n) is 9.41. The lowest BCUT2D eigenvalue weighted by molar-refractivity contribution is 0.0719. The molecule has 3 nitrogen and oxygen atoms in total. The fourth-order valence-electron chi connectivity index (χ4n) is 4.13. The quantitative estimate of drug-likeness (QED) is 0.518. The van der Waals surface area contributed by atoms with Gasteiger partial charge in [-0.2, -0.15) is 0 Å². The van der Waals surface area contributed by atoms with E-state index in [1.165, 1.54) is 0 Å². The Bertz CT molecular complexity index is 891. The summed E-state index contributed by atoms with van der Waals surface area (Å²) in [5.41, 5.74) is 1.93. The molecule has 0 spiro atoms. The largest absolute Gasteiger partial charge is 0.431 e. The van der Waals surface area contributed by atoms with Crippen LogP contribution < -0.4 is 0 Å². The highest BCUT2D eigenvalue weighted by atomic mass is 35.5. The van der Waals surface area contributed by atoms with Crippen LogP contribution in [0.5, 0.6) is 0 Å². The van der Waals surface area contributed by atoms with E-state index in [0.717, 1.165) is 16.7 Å². The zero-order valence-electron chi connectivity index (χ0n) is 15.7. The van der Waals surface area contributed by atoms with Crippen molar-refractivity contribution in [1.29, 1.82) is 0 Å². The van der Waals surface area contributed by atoms with E-state index < -0.39 is 5.60 Å². The average Bonchev–Trinajstić information content (AvgIpc) is 3.08. The summed E-state index contributed by atoms with van der Waals surface area (Å²) in [6.45, 7) is 2.02. The number of nitrogens with zero attached hydrogens (tertiary/aromatic N) is 1. The van der Waals surface area contributed by atoms with Crippen LogP contribution in [0.2, 0.25) is 0 Å². The SMILES string of the molecule is C[C@H](c1ccccc1)N1C(=O)OC(c2ccccc2)(c2ccccc2)[C@@H]1CCl. The zero-order valence-corrected chi connectivity index (χ0v) is 16.4. The van der Waals surface area contributed by atoms with E-state index in [1.807, 2.05) is 97.9 Å². The van der Waals surface area contributed by atoms with Crippen LogP contribution in [0.15, 0.2) is 91.0 Å². The molecule has 0 bridgehead atoms. The van der Waals surface area contributed by atoms with Gasteiger partial charge in [0.1, 0.15) is 0 Å². The lowest BCUT2D eigenvalue weighted by Crippen LogP contribution is -2.46. The Morgan fingerprint density at radius 3 is 1.82 bits per heavy atom. The van der Waals surface area contributed by atoms with Gasteiger partial charge < -0.3 is 4.74 Å². The number of benzene rings is 3. The van der Waals surface area contributed by atoms with E-state index >= 15 is 0 Å². The molecule has 0 N–H and O–H groups in total. The second-order valence-corrected chi connectivity index (χ2v) is 7.31. The van der Waals surface area contributed by atoms with Gasteiger partial charge in [0, 0.05) is 17.0 Å². The summed E-state index contributed by atoms with van der Waals surface area (Å²) >= 11 is 6.51.